The fraction of sp³-hybridized carbons (Fsp3) is 0. The van der Waals surface area contributed by atoms with E-state index in [1.807, 2.05) is 60.7 Å². The summed E-state index contributed by atoms with van der Waals surface area (Å²) >= 11 is 0. The van der Waals surface area contributed by atoms with Crippen LogP contribution in [0.2, 0.25) is 0 Å². The van der Waals surface area contributed by atoms with Gasteiger partial charge >= 0.3 is 0 Å². The average molecular weight is 703 g/mol. The predicted octanol–water partition coefficient (Wildman–Crippen LogP) is 13.0. The first-order chi connectivity index (χ1) is 27.3. The Balaban J connectivity index is 1.24. The summed E-state index contributed by atoms with van der Waals surface area (Å²) in [4.78, 5) is 15.1. The van der Waals surface area contributed by atoms with Gasteiger partial charge in [-0.2, -0.15) is 0 Å². The molecule has 55 heavy (non-hydrogen) atoms. The Labute approximate surface area is 319 Å². The van der Waals surface area contributed by atoms with E-state index in [0.717, 1.165) is 49.9 Å². The normalized spacial score (nSPS) is 11.3. The first kappa shape index (κ1) is 32.2. The highest BCUT2D eigenvalue weighted by Gasteiger charge is 2.20. The molecule has 0 amide bonds. The zero-order chi connectivity index (χ0) is 36.6. The standard InChI is InChI=1S/C51H34N4/c1-6-16-35(17-7-1)37-26-28-38(29-27-37)45-32-42(36-18-8-2-9-19-36)34-47-48(45)44-31-30-41(33-46(44)55(47)43-24-14-5-15-25-43)51-53-49(39-20-10-3-11-21-39)52-50(54-51)40-22-12-4-13-23-40/h1-34H. The van der Waals surface area contributed by atoms with Crippen molar-refractivity contribution in [1.82, 2.24) is 19.5 Å². The molecular weight excluding hydrogens is 669 g/mol. The van der Waals surface area contributed by atoms with Gasteiger partial charge < -0.3 is 4.57 Å². The second kappa shape index (κ2) is 13.8. The number of nitrogens with zero attached hydrogens (tertiary/aromatic N) is 4. The molecule has 0 fully saturated rings. The Hall–Kier alpha value is -7.43. The maximum absolute atomic E-state index is 5.08. The number of benzene rings is 8. The van der Waals surface area contributed by atoms with Crippen molar-refractivity contribution in [2.45, 2.75) is 0 Å². The van der Waals surface area contributed by atoms with Crippen molar-refractivity contribution in [2.24, 2.45) is 0 Å². The lowest BCUT2D eigenvalue weighted by atomic mass is 9.93. The van der Waals surface area contributed by atoms with Gasteiger partial charge in [0, 0.05) is 33.2 Å². The van der Waals surface area contributed by atoms with Crippen molar-refractivity contribution < 1.29 is 0 Å². The number of para-hydroxylation sites is 1. The lowest BCUT2D eigenvalue weighted by Crippen LogP contribution is -2.00. The smallest absolute Gasteiger partial charge is 0.164 e. The zero-order valence-electron chi connectivity index (χ0n) is 29.9. The minimum absolute atomic E-state index is 0.626. The van der Waals surface area contributed by atoms with Gasteiger partial charge in [-0.1, -0.05) is 176 Å². The van der Waals surface area contributed by atoms with Gasteiger partial charge in [0.2, 0.25) is 0 Å². The lowest BCUT2D eigenvalue weighted by molar-refractivity contribution is 1.07. The second-order valence-corrected chi connectivity index (χ2v) is 13.7. The van der Waals surface area contributed by atoms with E-state index >= 15 is 0 Å². The highest BCUT2D eigenvalue weighted by molar-refractivity contribution is 6.17. The van der Waals surface area contributed by atoms with Gasteiger partial charge in [0.05, 0.1) is 11.0 Å². The molecule has 258 valence electrons. The quantitative estimate of drug-likeness (QED) is 0.166. The molecule has 2 heterocycles. The van der Waals surface area contributed by atoms with E-state index in [4.69, 9.17) is 15.0 Å². The van der Waals surface area contributed by atoms with Crippen LogP contribution in [0.5, 0.6) is 0 Å². The Morgan fingerprint density at radius 2 is 0.691 bits per heavy atom. The average Bonchev–Trinajstić information content (AvgIpc) is 3.61. The van der Waals surface area contributed by atoms with Crippen molar-refractivity contribution in [3.63, 3.8) is 0 Å². The molecule has 0 saturated heterocycles. The van der Waals surface area contributed by atoms with Crippen molar-refractivity contribution in [1.29, 1.82) is 0 Å². The van der Waals surface area contributed by atoms with Crippen LogP contribution in [0.4, 0.5) is 0 Å². The summed E-state index contributed by atoms with van der Waals surface area (Å²) in [5.74, 6) is 1.91. The van der Waals surface area contributed by atoms with Crippen LogP contribution in [0.3, 0.4) is 0 Å². The van der Waals surface area contributed by atoms with E-state index < -0.39 is 0 Å². The number of aromatic nitrogens is 4. The predicted molar refractivity (Wildman–Crippen MR) is 227 cm³/mol. The fourth-order valence-electron chi connectivity index (χ4n) is 7.57. The molecule has 10 aromatic rings. The second-order valence-electron chi connectivity index (χ2n) is 13.7. The molecule has 4 nitrogen and oxygen atoms in total. The van der Waals surface area contributed by atoms with Crippen molar-refractivity contribution in [3.8, 4) is 73.2 Å². The summed E-state index contributed by atoms with van der Waals surface area (Å²) in [7, 11) is 0. The molecule has 0 spiro atoms. The minimum atomic E-state index is 0.626. The summed E-state index contributed by atoms with van der Waals surface area (Å²) in [6.45, 7) is 0. The summed E-state index contributed by atoms with van der Waals surface area (Å²) in [6.07, 6.45) is 0. The Morgan fingerprint density at radius 3 is 1.24 bits per heavy atom. The third kappa shape index (κ3) is 6.06. The van der Waals surface area contributed by atoms with Gasteiger partial charge in [-0.05, 0) is 63.7 Å². The van der Waals surface area contributed by atoms with E-state index in [-0.39, 0.29) is 0 Å². The van der Waals surface area contributed by atoms with Crippen molar-refractivity contribution in [3.05, 3.63) is 206 Å². The number of hydrogen-bond donors (Lipinski definition) is 0. The van der Waals surface area contributed by atoms with Gasteiger partial charge in [0.25, 0.3) is 0 Å². The van der Waals surface area contributed by atoms with E-state index in [1.54, 1.807) is 0 Å². The highest BCUT2D eigenvalue weighted by atomic mass is 15.0. The third-order valence-electron chi connectivity index (χ3n) is 10.2. The first-order valence-electron chi connectivity index (χ1n) is 18.5. The van der Waals surface area contributed by atoms with Gasteiger partial charge in [0.15, 0.2) is 17.5 Å². The molecule has 0 N–H and O–H groups in total. The molecule has 4 heteroatoms. The molecule has 0 radical (unpaired) electrons. The molecular formula is C51H34N4. The SMILES string of the molecule is c1ccc(-c2ccc(-c3cc(-c4ccccc4)cc4c3c3ccc(-c5nc(-c6ccccc6)nc(-c6ccccc6)n5)cc3n4-c3ccccc3)cc2)cc1. The van der Waals surface area contributed by atoms with Crippen molar-refractivity contribution >= 4 is 21.8 Å². The van der Waals surface area contributed by atoms with Crippen LogP contribution in [0.15, 0.2) is 206 Å². The maximum atomic E-state index is 5.08. The molecule has 0 aliphatic carbocycles. The van der Waals surface area contributed by atoms with Crippen LogP contribution < -0.4 is 0 Å². The number of fused-ring (bicyclic) bond motifs is 3. The molecule has 0 atom stereocenters. The van der Waals surface area contributed by atoms with Crippen LogP contribution >= 0.6 is 0 Å². The van der Waals surface area contributed by atoms with Crippen LogP contribution in [-0.2, 0) is 0 Å². The Bertz CT molecular complexity index is 2870. The molecule has 0 aliphatic heterocycles. The molecule has 8 aromatic carbocycles. The number of rotatable bonds is 7. The molecule has 0 aliphatic rings. The van der Waals surface area contributed by atoms with Gasteiger partial charge in [-0.15, -0.1) is 0 Å². The van der Waals surface area contributed by atoms with Crippen LogP contribution in [-0.4, -0.2) is 19.5 Å². The summed E-state index contributed by atoms with van der Waals surface area (Å²) < 4.78 is 2.39. The van der Waals surface area contributed by atoms with E-state index in [9.17, 15) is 0 Å². The van der Waals surface area contributed by atoms with E-state index in [2.05, 4.69) is 150 Å². The van der Waals surface area contributed by atoms with Crippen LogP contribution in [0.25, 0.3) is 95.0 Å². The van der Waals surface area contributed by atoms with Crippen LogP contribution in [0, 0.1) is 0 Å². The fourth-order valence-corrected chi connectivity index (χ4v) is 7.57. The largest absolute Gasteiger partial charge is 0.309 e. The molecule has 2 aromatic heterocycles. The third-order valence-corrected chi connectivity index (χ3v) is 10.2. The van der Waals surface area contributed by atoms with Crippen LogP contribution in [0.1, 0.15) is 0 Å². The molecule has 10 rings (SSSR count). The monoisotopic (exact) mass is 702 g/mol. The van der Waals surface area contributed by atoms with Gasteiger partial charge in [-0.25, -0.2) is 15.0 Å². The highest BCUT2D eigenvalue weighted by Crippen LogP contribution is 2.43. The topological polar surface area (TPSA) is 43.6 Å². The molecule has 0 unspecified atom stereocenters. The zero-order valence-corrected chi connectivity index (χ0v) is 29.9. The Kier molecular flexibility index (Phi) is 8.12. The van der Waals surface area contributed by atoms with E-state index in [1.165, 1.54) is 27.6 Å². The summed E-state index contributed by atoms with van der Waals surface area (Å²) in [5, 5.41) is 2.35. The van der Waals surface area contributed by atoms with E-state index in [0.29, 0.717) is 17.5 Å². The summed E-state index contributed by atoms with van der Waals surface area (Å²) in [6, 6.07) is 72.4. The summed E-state index contributed by atoms with van der Waals surface area (Å²) in [5.41, 5.74) is 13.2. The van der Waals surface area contributed by atoms with Gasteiger partial charge in [-0.3, -0.25) is 0 Å². The van der Waals surface area contributed by atoms with Crippen molar-refractivity contribution in [2.75, 3.05) is 0 Å². The lowest BCUT2D eigenvalue weighted by Gasteiger charge is -2.13. The first-order valence-corrected chi connectivity index (χ1v) is 18.5. The Morgan fingerprint density at radius 1 is 0.291 bits per heavy atom. The van der Waals surface area contributed by atoms with Gasteiger partial charge in [0.1, 0.15) is 0 Å². The molecule has 0 saturated carbocycles. The molecule has 0 bridgehead atoms. The number of hydrogen-bond acceptors (Lipinski definition) is 3. The minimum Gasteiger partial charge on any atom is -0.309 e. The maximum Gasteiger partial charge on any atom is 0.164 e.